The minimum Gasteiger partial charge on any atom is -0.318 e. The third-order valence-electron chi connectivity index (χ3n) is 1.97. The van der Waals surface area contributed by atoms with Gasteiger partial charge in [-0.1, -0.05) is 18.8 Å². The van der Waals surface area contributed by atoms with E-state index < -0.39 is 0 Å². The summed E-state index contributed by atoms with van der Waals surface area (Å²) in [6.45, 7) is 6.99. The molecular formula is C11H17N3. The zero-order valence-electron chi connectivity index (χ0n) is 9.04. The Morgan fingerprint density at radius 2 is 2.36 bits per heavy atom. The Morgan fingerprint density at radius 3 is 2.93 bits per heavy atom. The highest BCUT2D eigenvalue weighted by molar-refractivity contribution is 5.36. The Balaban J connectivity index is 2.86. The van der Waals surface area contributed by atoms with Gasteiger partial charge in [-0.2, -0.15) is 5.10 Å². The number of rotatable bonds is 2. The van der Waals surface area contributed by atoms with Crippen LogP contribution in [0.4, 0.5) is 0 Å². The first-order valence-electron chi connectivity index (χ1n) is 4.94. The standard InChI is InChI=1S/C11H17N3/c1-4-7-14-10(3)11(8-13-14)6-5-9(2)12/h8-9H,4,7,12H2,1-3H3. The maximum Gasteiger partial charge on any atom is 0.0655 e. The molecule has 0 saturated heterocycles. The van der Waals surface area contributed by atoms with Crippen molar-refractivity contribution >= 4 is 0 Å². The summed E-state index contributed by atoms with van der Waals surface area (Å²) in [5, 5.41) is 4.26. The fourth-order valence-corrected chi connectivity index (χ4v) is 1.20. The van der Waals surface area contributed by atoms with Crippen LogP contribution in [0.25, 0.3) is 0 Å². The second kappa shape index (κ2) is 4.83. The Hall–Kier alpha value is -1.27. The maximum absolute atomic E-state index is 5.55. The van der Waals surface area contributed by atoms with E-state index in [4.69, 9.17) is 5.73 Å². The smallest absolute Gasteiger partial charge is 0.0655 e. The van der Waals surface area contributed by atoms with Crippen LogP contribution in [-0.2, 0) is 6.54 Å². The van der Waals surface area contributed by atoms with Gasteiger partial charge in [0.25, 0.3) is 0 Å². The lowest BCUT2D eigenvalue weighted by Crippen LogP contribution is -2.10. The van der Waals surface area contributed by atoms with Crippen LogP contribution in [0, 0.1) is 18.8 Å². The monoisotopic (exact) mass is 191 g/mol. The molecule has 3 heteroatoms. The summed E-state index contributed by atoms with van der Waals surface area (Å²) in [6.07, 6.45) is 2.89. The number of aromatic nitrogens is 2. The summed E-state index contributed by atoms with van der Waals surface area (Å²) in [7, 11) is 0. The first kappa shape index (κ1) is 10.8. The molecule has 14 heavy (non-hydrogen) atoms. The molecule has 1 heterocycles. The average molecular weight is 191 g/mol. The third-order valence-corrected chi connectivity index (χ3v) is 1.97. The van der Waals surface area contributed by atoms with Crippen molar-refractivity contribution < 1.29 is 0 Å². The summed E-state index contributed by atoms with van der Waals surface area (Å²) in [5.41, 5.74) is 7.66. The lowest BCUT2D eigenvalue weighted by molar-refractivity contribution is 0.587. The minimum absolute atomic E-state index is 0.0797. The highest BCUT2D eigenvalue weighted by atomic mass is 15.3. The molecule has 0 spiro atoms. The van der Waals surface area contributed by atoms with Crippen LogP contribution in [0.1, 0.15) is 31.5 Å². The first-order chi connectivity index (χ1) is 6.65. The largest absolute Gasteiger partial charge is 0.318 e. The van der Waals surface area contributed by atoms with E-state index in [1.54, 1.807) is 6.20 Å². The van der Waals surface area contributed by atoms with Gasteiger partial charge >= 0.3 is 0 Å². The van der Waals surface area contributed by atoms with Crippen LogP contribution in [0.2, 0.25) is 0 Å². The highest BCUT2D eigenvalue weighted by Gasteiger charge is 2.02. The number of aryl methyl sites for hydroxylation is 1. The second-order valence-electron chi connectivity index (χ2n) is 3.42. The first-order valence-corrected chi connectivity index (χ1v) is 4.94. The van der Waals surface area contributed by atoms with E-state index in [-0.39, 0.29) is 6.04 Å². The molecule has 0 amide bonds. The molecule has 0 aromatic carbocycles. The van der Waals surface area contributed by atoms with Gasteiger partial charge in [0.1, 0.15) is 0 Å². The van der Waals surface area contributed by atoms with E-state index in [2.05, 4.69) is 23.9 Å². The molecular weight excluding hydrogens is 174 g/mol. The van der Waals surface area contributed by atoms with Crippen molar-refractivity contribution in [2.24, 2.45) is 5.73 Å². The molecule has 1 atom stereocenters. The Morgan fingerprint density at radius 1 is 1.64 bits per heavy atom. The van der Waals surface area contributed by atoms with Crippen molar-refractivity contribution in [1.82, 2.24) is 9.78 Å². The Bertz CT molecular complexity index is 352. The van der Waals surface area contributed by atoms with E-state index >= 15 is 0 Å². The summed E-state index contributed by atoms with van der Waals surface area (Å²) >= 11 is 0. The van der Waals surface area contributed by atoms with E-state index in [1.165, 1.54) is 0 Å². The summed E-state index contributed by atoms with van der Waals surface area (Å²) < 4.78 is 1.98. The van der Waals surface area contributed by atoms with Crippen LogP contribution in [0.5, 0.6) is 0 Å². The summed E-state index contributed by atoms with van der Waals surface area (Å²) in [5.74, 6) is 5.97. The van der Waals surface area contributed by atoms with Crippen LogP contribution < -0.4 is 5.73 Å². The van der Waals surface area contributed by atoms with Crippen LogP contribution in [0.15, 0.2) is 6.20 Å². The molecule has 2 N–H and O–H groups in total. The van der Waals surface area contributed by atoms with Gasteiger partial charge in [0.2, 0.25) is 0 Å². The average Bonchev–Trinajstić information content (AvgIpc) is 2.46. The van der Waals surface area contributed by atoms with E-state index in [9.17, 15) is 0 Å². The van der Waals surface area contributed by atoms with Gasteiger partial charge in [0.05, 0.1) is 23.5 Å². The summed E-state index contributed by atoms with van der Waals surface area (Å²) in [6, 6.07) is -0.0797. The van der Waals surface area contributed by atoms with Crippen molar-refractivity contribution in [1.29, 1.82) is 0 Å². The molecule has 1 aromatic heterocycles. The van der Waals surface area contributed by atoms with Gasteiger partial charge in [-0.15, -0.1) is 0 Å². The Kier molecular flexibility index (Phi) is 3.73. The van der Waals surface area contributed by atoms with Crippen molar-refractivity contribution in [3.8, 4) is 11.8 Å². The molecule has 1 unspecified atom stereocenters. The number of hydrogen-bond donors (Lipinski definition) is 1. The van der Waals surface area contributed by atoms with Gasteiger partial charge in [0, 0.05) is 6.54 Å². The molecule has 0 saturated carbocycles. The van der Waals surface area contributed by atoms with Gasteiger partial charge in [-0.25, -0.2) is 0 Å². The van der Waals surface area contributed by atoms with Crippen molar-refractivity contribution in [3.63, 3.8) is 0 Å². The summed E-state index contributed by atoms with van der Waals surface area (Å²) in [4.78, 5) is 0. The van der Waals surface area contributed by atoms with Gasteiger partial charge in [-0.3, -0.25) is 4.68 Å². The van der Waals surface area contributed by atoms with Crippen molar-refractivity contribution in [2.45, 2.75) is 39.8 Å². The molecule has 3 nitrogen and oxygen atoms in total. The normalized spacial score (nSPS) is 12.0. The quantitative estimate of drug-likeness (QED) is 0.716. The molecule has 0 fully saturated rings. The molecule has 1 aromatic rings. The molecule has 0 aliphatic carbocycles. The fourth-order valence-electron chi connectivity index (χ4n) is 1.20. The molecule has 0 radical (unpaired) electrons. The number of nitrogens with zero attached hydrogens (tertiary/aromatic N) is 2. The predicted octanol–water partition coefficient (Wildman–Crippen LogP) is 1.30. The maximum atomic E-state index is 5.55. The second-order valence-corrected chi connectivity index (χ2v) is 3.42. The number of hydrogen-bond acceptors (Lipinski definition) is 2. The zero-order valence-corrected chi connectivity index (χ0v) is 9.04. The van der Waals surface area contributed by atoms with Gasteiger partial charge < -0.3 is 5.73 Å². The third kappa shape index (κ3) is 2.61. The predicted molar refractivity (Wildman–Crippen MR) is 57.8 cm³/mol. The SMILES string of the molecule is CCCn1ncc(C#CC(C)N)c1C. The van der Waals surface area contributed by atoms with E-state index in [1.807, 2.05) is 18.5 Å². The Labute approximate surface area is 85.3 Å². The van der Waals surface area contributed by atoms with Gasteiger partial charge in [0.15, 0.2) is 0 Å². The molecule has 0 aliphatic rings. The van der Waals surface area contributed by atoms with Gasteiger partial charge in [-0.05, 0) is 20.3 Å². The molecule has 0 bridgehead atoms. The molecule has 1 rings (SSSR count). The van der Waals surface area contributed by atoms with Crippen LogP contribution in [-0.4, -0.2) is 15.8 Å². The zero-order chi connectivity index (χ0) is 10.6. The van der Waals surface area contributed by atoms with E-state index in [0.29, 0.717) is 0 Å². The topological polar surface area (TPSA) is 43.8 Å². The van der Waals surface area contributed by atoms with Crippen molar-refractivity contribution in [3.05, 3.63) is 17.5 Å². The van der Waals surface area contributed by atoms with Crippen LogP contribution in [0.3, 0.4) is 0 Å². The molecule has 76 valence electrons. The fraction of sp³-hybridized carbons (Fsp3) is 0.545. The van der Waals surface area contributed by atoms with Crippen LogP contribution >= 0.6 is 0 Å². The lowest BCUT2D eigenvalue weighted by atomic mass is 10.2. The lowest BCUT2D eigenvalue weighted by Gasteiger charge is -2.00. The number of nitrogens with two attached hydrogens (primary N) is 1. The minimum atomic E-state index is -0.0797. The molecule has 0 aliphatic heterocycles. The van der Waals surface area contributed by atoms with Crippen molar-refractivity contribution in [2.75, 3.05) is 0 Å². The highest BCUT2D eigenvalue weighted by Crippen LogP contribution is 2.05. The van der Waals surface area contributed by atoms with E-state index in [0.717, 1.165) is 24.2 Å².